The summed E-state index contributed by atoms with van der Waals surface area (Å²) >= 11 is 0. The average Bonchev–Trinajstić information content (AvgIpc) is 1.76. The van der Waals surface area contributed by atoms with Crippen LogP contribution in [0.25, 0.3) is 0 Å². The molecule has 35 valence electrons. The van der Waals surface area contributed by atoms with E-state index in [4.69, 9.17) is 0 Å². The number of furan rings is 1. The van der Waals surface area contributed by atoms with Gasteiger partial charge in [-0.25, -0.2) is 0 Å². The van der Waals surface area contributed by atoms with E-state index in [1.165, 1.54) is 0 Å². The molecule has 1 nitrogen and oxygen atoms in total. The van der Waals surface area contributed by atoms with E-state index in [1.807, 2.05) is 0 Å². The quantitative estimate of drug-likeness (QED) is 0.635. The normalized spacial score (nSPS) is 6.67. The maximum atomic E-state index is 4.46. The Morgan fingerprint density at radius 2 is 2.33 bits per heavy atom. The summed E-state index contributed by atoms with van der Waals surface area (Å²) in [6, 6.07) is 3.49. The van der Waals surface area contributed by atoms with Gasteiger partial charge in [0.15, 0.2) is 0 Å². The molecule has 0 fully saturated rings. The standard InChI is InChI=1S/C4H3O.Ir/c1-2-4-5-3-1;/h1-3H;/q-1;. The number of rotatable bonds is 0. The van der Waals surface area contributed by atoms with Crippen LogP contribution in [0.4, 0.5) is 0 Å². The van der Waals surface area contributed by atoms with Crippen LogP contribution >= 0.6 is 0 Å². The molecule has 1 radical (unpaired) electrons. The van der Waals surface area contributed by atoms with Gasteiger partial charge in [0.2, 0.25) is 0 Å². The van der Waals surface area contributed by atoms with Crippen molar-refractivity contribution >= 4 is 0 Å². The third-order valence-corrected chi connectivity index (χ3v) is 0.379. The summed E-state index contributed by atoms with van der Waals surface area (Å²) in [5.74, 6) is 0. The molecule has 6 heavy (non-hydrogen) atoms. The molecule has 0 saturated heterocycles. The largest absolute Gasteiger partial charge is 0.599 e. The van der Waals surface area contributed by atoms with E-state index in [2.05, 4.69) is 10.7 Å². The fraction of sp³-hybridized carbons (Fsp3) is 0. The van der Waals surface area contributed by atoms with E-state index in [0.29, 0.717) is 0 Å². The summed E-state index contributed by atoms with van der Waals surface area (Å²) in [5.41, 5.74) is 0. The van der Waals surface area contributed by atoms with Gasteiger partial charge < -0.3 is 4.42 Å². The van der Waals surface area contributed by atoms with Gasteiger partial charge in [0.05, 0.1) is 0 Å². The molecule has 0 amide bonds. The maximum absolute atomic E-state index is 4.46. The van der Waals surface area contributed by atoms with Gasteiger partial charge >= 0.3 is 0 Å². The van der Waals surface area contributed by atoms with Crippen LogP contribution in [0.2, 0.25) is 0 Å². The monoisotopic (exact) mass is 260 g/mol. The van der Waals surface area contributed by atoms with Crippen molar-refractivity contribution < 1.29 is 24.5 Å². The van der Waals surface area contributed by atoms with Crippen molar-refractivity contribution in [3.63, 3.8) is 0 Å². The van der Waals surface area contributed by atoms with E-state index in [-0.39, 0.29) is 20.1 Å². The van der Waals surface area contributed by atoms with Gasteiger partial charge in [-0.2, -0.15) is 6.07 Å². The van der Waals surface area contributed by atoms with E-state index in [1.54, 1.807) is 18.4 Å². The molecule has 2 heteroatoms. The number of hydrogen-bond donors (Lipinski definition) is 0. The molecule has 0 unspecified atom stereocenters. The molecule has 0 spiro atoms. The first-order chi connectivity index (χ1) is 2.50. The topological polar surface area (TPSA) is 13.1 Å². The summed E-state index contributed by atoms with van der Waals surface area (Å²) in [6.07, 6.45) is 4.06. The van der Waals surface area contributed by atoms with Gasteiger partial charge in [-0.1, -0.05) is 6.26 Å². The summed E-state index contributed by atoms with van der Waals surface area (Å²) in [6.45, 7) is 0. The summed E-state index contributed by atoms with van der Waals surface area (Å²) in [7, 11) is 0. The molecule has 1 aromatic heterocycles. The third kappa shape index (κ3) is 1.39. The molecule has 1 heterocycles. The van der Waals surface area contributed by atoms with Gasteiger partial charge in [-0.15, -0.1) is 6.07 Å². The molecule has 1 aromatic rings. The van der Waals surface area contributed by atoms with Crippen LogP contribution in [-0.2, 0) is 20.1 Å². The fourth-order valence-corrected chi connectivity index (χ4v) is 0.196. The molecule has 0 N–H and O–H groups in total. The van der Waals surface area contributed by atoms with E-state index >= 15 is 0 Å². The van der Waals surface area contributed by atoms with Crippen LogP contribution in [-0.4, -0.2) is 0 Å². The second-order valence-electron chi connectivity index (χ2n) is 0.731. The first kappa shape index (κ1) is 5.93. The molecule has 0 bridgehead atoms. The van der Waals surface area contributed by atoms with Crippen LogP contribution in [0, 0.1) is 6.26 Å². The first-order valence-corrected chi connectivity index (χ1v) is 1.40. The van der Waals surface area contributed by atoms with Crippen molar-refractivity contribution in [1.29, 1.82) is 0 Å². The zero-order valence-electron chi connectivity index (χ0n) is 2.97. The molecular weight excluding hydrogens is 256 g/mol. The van der Waals surface area contributed by atoms with Crippen molar-refractivity contribution in [2.75, 3.05) is 0 Å². The first-order valence-electron chi connectivity index (χ1n) is 1.40. The Labute approximate surface area is 49.7 Å². The van der Waals surface area contributed by atoms with Gasteiger partial charge in [-0.05, 0) is 6.26 Å². The van der Waals surface area contributed by atoms with Gasteiger partial charge in [0.25, 0.3) is 0 Å². The third-order valence-electron chi connectivity index (χ3n) is 0.379. The minimum absolute atomic E-state index is 0. The molecular formula is C4H3IrO-. The smallest absolute Gasteiger partial charge is 0 e. The zero-order valence-corrected chi connectivity index (χ0v) is 5.37. The Morgan fingerprint density at radius 1 is 1.50 bits per heavy atom. The van der Waals surface area contributed by atoms with Crippen molar-refractivity contribution in [3.05, 3.63) is 24.7 Å². The SMILES string of the molecule is [Ir].[c-]1ccco1. The molecule has 0 saturated carbocycles. The number of hydrogen-bond acceptors (Lipinski definition) is 1. The molecule has 0 atom stereocenters. The van der Waals surface area contributed by atoms with E-state index < -0.39 is 0 Å². The van der Waals surface area contributed by atoms with E-state index in [9.17, 15) is 0 Å². The van der Waals surface area contributed by atoms with Crippen LogP contribution in [0.1, 0.15) is 0 Å². The summed E-state index contributed by atoms with van der Waals surface area (Å²) in [4.78, 5) is 0. The molecule has 0 aliphatic heterocycles. The Bertz CT molecular complexity index is 64.0. The summed E-state index contributed by atoms with van der Waals surface area (Å²) in [5, 5.41) is 0. The molecule has 0 aliphatic rings. The second kappa shape index (κ2) is 3.13. The minimum atomic E-state index is 0. The van der Waals surface area contributed by atoms with Gasteiger partial charge in [0, 0.05) is 20.1 Å². The minimum Gasteiger partial charge on any atom is -0.599 e. The van der Waals surface area contributed by atoms with Crippen LogP contribution in [0.3, 0.4) is 0 Å². The van der Waals surface area contributed by atoms with Crippen molar-refractivity contribution in [3.8, 4) is 0 Å². The van der Waals surface area contributed by atoms with Crippen LogP contribution < -0.4 is 0 Å². The predicted molar refractivity (Wildman–Crippen MR) is 17.5 cm³/mol. The van der Waals surface area contributed by atoms with Crippen molar-refractivity contribution in [2.24, 2.45) is 0 Å². The Balaban J connectivity index is 0.000000250. The predicted octanol–water partition coefficient (Wildman–Crippen LogP) is 1.08. The zero-order chi connectivity index (χ0) is 3.54. The fourth-order valence-electron chi connectivity index (χ4n) is 0.196. The Morgan fingerprint density at radius 3 is 2.50 bits per heavy atom. The van der Waals surface area contributed by atoms with Crippen molar-refractivity contribution in [2.45, 2.75) is 0 Å². The molecule has 0 aliphatic carbocycles. The van der Waals surface area contributed by atoms with Gasteiger partial charge in [-0.3, -0.25) is 0 Å². The molecule has 0 aromatic carbocycles. The average molecular weight is 259 g/mol. The Hall–Kier alpha value is -0.0706. The molecule has 1 rings (SSSR count). The summed E-state index contributed by atoms with van der Waals surface area (Å²) < 4.78 is 4.46. The van der Waals surface area contributed by atoms with Gasteiger partial charge in [0.1, 0.15) is 0 Å². The van der Waals surface area contributed by atoms with Crippen LogP contribution in [0.5, 0.6) is 0 Å². The van der Waals surface area contributed by atoms with Crippen molar-refractivity contribution in [1.82, 2.24) is 0 Å². The Kier molecular flexibility index (Phi) is 3.10. The van der Waals surface area contributed by atoms with Crippen LogP contribution in [0.15, 0.2) is 22.8 Å². The maximum Gasteiger partial charge on any atom is 0 e. The van der Waals surface area contributed by atoms with E-state index in [0.717, 1.165) is 0 Å². The second-order valence-corrected chi connectivity index (χ2v) is 0.731.